The first kappa shape index (κ1) is 16.3. The van der Waals surface area contributed by atoms with Gasteiger partial charge in [-0.2, -0.15) is 0 Å². The highest BCUT2D eigenvalue weighted by molar-refractivity contribution is 7.12. The number of hydrogen-bond acceptors (Lipinski definition) is 3. The van der Waals surface area contributed by atoms with Crippen molar-refractivity contribution in [2.75, 3.05) is 0 Å². The fourth-order valence-electron chi connectivity index (χ4n) is 1.87. The van der Waals surface area contributed by atoms with Crippen LogP contribution in [0.4, 0.5) is 4.39 Å². The van der Waals surface area contributed by atoms with E-state index in [9.17, 15) is 4.39 Å². The molecule has 1 N–H and O–H groups in total. The summed E-state index contributed by atoms with van der Waals surface area (Å²) in [6.07, 6.45) is 0. The van der Waals surface area contributed by atoms with Crippen molar-refractivity contribution in [1.29, 1.82) is 0 Å². The highest BCUT2D eigenvalue weighted by atomic mass is 35.5. The lowest BCUT2D eigenvalue weighted by Gasteiger charge is -2.07. The van der Waals surface area contributed by atoms with Crippen LogP contribution in [0.3, 0.4) is 0 Å². The van der Waals surface area contributed by atoms with Crippen molar-refractivity contribution in [2.45, 2.75) is 40.0 Å². The third-order valence-corrected chi connectivity index (χ3v) is 4.42. The second-order valence-corrected chi connectivity index (χ2v) is 6.94. The fourth-order valence-corrected chi connectivity index (χ4v) is 3.09. The third kappa shape index (κ3) is 4.70. The Kier molecular flexibility index (Phi) is 5.62. The van der Waals surface area contributed by atoms with Crippen molar-refractivity contribution in [2.24, 2.45) is 0 Å². The van der Waals surface area contributed by atoms with Crippen molar-refractivity contribution in [3.05, 3.63) is 50.4 Å². The lowest BCUT2D eigenvalue weighted by molar-refractivity contribution is 0.305. The number of benzene rings is 1. The van der Waals surface area contributed by atoms with E-state index in [1.54, 1.807) is 17.4 Å². The summed E-state index contributed by atoms with van der Waals surface area (Å²) in [5, 5.41) is 3.69. The Hall–Kier alpha value is -1.10. The topological polar surface area (TPSA) is 21.3 Å². The van der Waals surface area contributed by atoms with Crippen molar-refractivity contribution < 1.29 is 9.13 Å². The third-order valence-electron chi connectivity index (χ3n) is 3.03. The number of thiophene rings is 1. The van der Waals surface area contributed by atoms with Gasteiger partial charge in [-0.1, -0.05) is 25.4 Å². The molecular weight excluding hydrogens is 309 g/mol. The zero-order valence-electron chi connectivity index (χ0n) is 12.4. The van der Waals surface area contributed by atoms with Gasteiger partial charge in [0.2, 0.25) is 0 Å². The maximum atomic E-state index is 13.0. The number of halogens is 2. The van der Waals surface area contributed by atoms with Crippen LogP contribution < -0.4 is 10.1 Å². The highest BCUT2D eigenvalue weighted by Crippen LogP contribution is 2.28. The van der Waals surface area contributed by atoms with Gasteiger partial charge in [0.1, 0.15) is 18.2 Å². The molecule has 0 atom stereocenters. The van der Waals surface area contributed by atoms with E-state index in [1.807, 2.05) is 0 Å². The SMILES string of the molecule is Cc1sc(CNC(C)C)cc1COc1ccc(F)cc1Cl. The van der Waals surface area contributed by atoms with Gasteiger partial charge in [0.25, 0.3) is 0 Å². The molecule has 0 saturated carbocycles. The van der Waals surface area contributed by atoms with Crippen LogP contribution in [0.15, 0.2) is 24.3 Å². The number of aryl methyl sites for hydroxylation is 1. The average molecular weight is 328 g/mol. The molecule has 5 heteroatoms. The molecule has 0 unspecified atom stereocenters. The molecule has 0 aliphatic carbocycles. The van der Waals surface area contributed by atoms with Gasteiger partial charge in [-0.25, -0.2) is 4.39 Å². The molecule has 0 bridgehead atoms. The summed E-state index contributed by atoms with van der Waals surface area (Å²) in [7, 11) is 0. The van der Waals surface area contributed by atoms with E-state index in [1.165, 1.54) is 21.9 Å². The second-order valence-electron chi connectivity index (χ2n) is 5.19. The Labute approximate surface area is 133 Å². The number of hydrogen-bond donors (Lipinski definition) is 1. The minimum absolute atomic E-state index is 0.296. The average Bonchev–Trinajstić information content (AvgIpc) is 2.76. The largest absolute Gasteiger partial charge is 0.487 e. The fraction of sp³-hybridized carbons (Fsp3) is 0.375. The number of nitrogens with one attached hydrogen (secondary N) is 1. The molecule has 0 saturated heterocycles. The minimum Gasteiger partial charge on any atom is -0.487 e. The zero-order valence-corrected chi connectivity index (χ0v) is 13.9. The molecule has 21 heavy (non-hydrogen) atoms. The van der Waals surface area contributed by atoms with Crippen LogP contribution >= 0.6 is 22.9 Å². The molecule has 1 aromatic carbocycles. The Balaban J connectivity index is 1.99. The first-order valence-electron chi connectivity index (χ1n) is 6.85. The molecule has 0 radical (unpaired) electrons. The van der Waals surface area contributed by atoms with Gasteiger partial charge in [0.15, 0.2) is 0 Å². The van der Waals surface area contributed by atoms with Crippen LogP contribution in [0.2, 0.25) is 5.02 Å². The Morgan fingerprint density at radius 1 is 1.33 bits per heavy atom. The van der Waals surface area contributed by atoms with Gasteiger partial charge in [0, 0.05) is 27.9 Å². The van der Waals surface area contributed by atoms with Crippen molar-refractivity contribution in [3.63, 3.8) is 0 Å². The smallest absolute Gasteiger partial charge is 0.138 e. The van der Waals surface area contributed by atoms with E-state index in [4.69, 9.17) is 16.3 Å². The summed E-state index contributed by atoms with van der Waals surface area (Å²) < 4.78 is 18.7. The summed E-state index contributed by atoms with van der Waals surface area (Å²) >= 11 is 7.72. The zero-order chi connectivity index (χ0) is 15.4. The molecule has 0 spiro atoms. The first-order valence-corrected chi connectivity index (χ1v) is 8.04. The van der Waals surface area contributed by atoms with Gasteiger partial charge >= 0.3 is 0 Å². The summed E-state index contributed by atoms with van der Waals surface area (Å²) in [4.78, 5) is 2.51. The van der Waals surface area contributed by atoms with E-state index in [0.29, 0.717) is 23.4 Å². The maximum Gasteiger partial charge on any atom is 0.138 e. The maximum absolute atomic E-state index is 13.0. The van der Waals surface area contributed by atoms with Gasteiger partial charge in [-0.15, -0.1) is 11.3 Å². The molecule has 0 fully saturated rings. The Bertz CT molecular complexity index is 612. The van der Waals surface area contributed by atoms with Crippen LogP contribution in [-0.4, -0.2) is 6.04 Å². The lowest BCUT2D eigenvalue weighted by Crippen LogP contribution is -2.21. The molecule has 1 heterocycles. The quantitative estimate of drug-likeness (QED) is 0.812. The van der Waals surface area contributed by atoms with Crippen molar-refractivity contribution >= 4 is 22.9 Å². The van der Waals surface area contributed by atoms with Gasteiger partial charge < -0.3 is 10.1 Å². The molecule has 1 aromatic heterocycles. The van der Waals surface area contributed by atoms with Crippen LogP contribution in [0, 0.1) is 12.7 Å². The van der Waals surface area contributed by atoms with Gasteiger partial charge in [-0.3, -0.25) is 0 Å². The van der Waals surface area contributed by atoms with E-state index >= 15 is 0 Å². The first-order chi connectivity index (χ1) is 9.95. The van der Waals surface area contributed by atoms with Gasteiger partial charge in [0.05, 0.1) is 5.02 Å². The monoisotopic (exact) mass is 327 g/mol. The molecule has 0 amide bonds. The molecule has 2 nitrogen and oxygen atoms in total. The Morgan fingerprint density at radius 2 is 2.10 bits per heavy atom. The summed E-state index contributed by atoms with van der Waals surface area (Å²) in [5.74, 6) is 0.145. The van der Waals surface area contributed by atoms with Crippen LogP contribution in [0.5, 0.6) is 5.75 Å². The highest BCUT2D eigenvalue weighted by Gasteiger charge is 2.09. The second kappa shape index (κ2) is 7.25. The number of rotatable bonds is 6. The summed E-state index contributed by atoms with van der Waals surface area (Å²) in [5.41, 5.74) is 1.14. The minimum atomic E-state index is -0.360. The molecular formula is C16H19ClFNOS. The molecule has 0 aliphatic rings. The standard InChI is InChI=1S/C16H19ClFNOS/c1-10(2)19-8-14-6-12(11(3)21-14)9-20-16-5-4-13(18)7-15(16)17/h4-7,10,19H,8-9H2,1-3H3. The summed E-state index contributed by atoms with van der Waals surface area (Å²) in [6, 6.07) is 6.77. The predicted molar refractivity (Wildman–Crippen MR) is 86.8 cm³/mol. The van der Waals surface area contributed by atoms with Crippen LogP contribution in [-0.2, 0) is 13.2 Å². The van der Waals surface area contributed by atoms with Gasteiger partial charge in [-0.05, 0) is 31.2 Å². The summed E-state index contributed by atoms with van der Waals surface area (Å²) in [6.45, 7) is 7.63. The van der Waals surface area contributed by atoms with E-state index in [2.05, 4.69) is 32.2 Å². The Morgan fingerprint density at radius 3 is 2.76 bits per heavy atom. The predicted octanol–water partition coefficient (Wildman–Crippen LogP) is 4.93. The molecule has 2 aromatic rings. The van der Waals surface area contributed by atoms with E-state index in [0.717, 1.165) is 12.1 Å². The number of ether oxygens (including phenoxy) is 1. The van der Waals surface area contributed by atoms with Crippen LogP contribution in [0.1, 0.15) is 29.2 Å². The van der Waals surface area contributed by atoms with Crippen LogP contribution in [0.25, 0.3) is 0 Å². The molecule has 114 valence electrons. The molecule has 0 aliphatic heterocycles. The van der Waals surface area contributed by atoms with E-state index in [-0.39, 0.29) is 5.82 Å². The molecule has 2 rings (SSSR count). The normalized spacial score (nSPS) is 11.1. The van der Waals surface area contributed by atoms with E-state index < -0.39 is 0 Å². The van der Waals surface area contributed by atoms with Crippen molar-refractivity contribution in [3.8, 4) is 5.75 Å². The lowest BCUT2D eigenvalue weighted by atomic mass is 10.2. The van der Waals surface area contributed by atoms with Crippen molar-refractivity contribution in [1.82, 2.24) is 5.32 Å².